The summed E-state index contributed by atoms with van der Waals surface area (Å²) < 4.78 is 5.47. The first-order valence-corrected chi connectivity index (χ1v) is 11.1. The molecule has 1 aliphatic rings. The van der Waals surface area contributed by atoms with Crippen LogP contribution in [0.15, 0.2) is 65.6 Å². The molecule has 0 saturated carbocycles. The number of aromatic hydroxyl groups is 1. The van der Waals surface area contributed by atoms with Gasteiger partial charge in [-0.1, -0.05) is 11.6 Å². The van der Waals surface area contributed by atoms with Crippen LogP contribution in [0.2, 0.25) is 0 Å². The second-order valence-electron chi connectivity index (χ2n) is 7.81. The van der Waals surface area contributed by atoms with Crippen LogP contribution in [0.5, 0.6) is 5.75 Å². The highest BCUT2D eigenvalue weighted by Crippen LogP contribution is 2.32. The fourth-order valence-electron chi connectivity index (χ4n) is 3.90. The molecule has 2 aromatic carbocycles. The fourth-order valence-corrected chi connectivity index (χ4v) is 4.28. The van der Waals surface area contributed by atoms with Crippen molar-refractivity contribution in [3.05, 3.63) is 66.1 Å². The van der Waals surface area contributed by atoms with E-state index in [1.807, 2.05) is 25.1 Å². The SMILES string of the molecule is C=N/C=C\C=C(/C)Cc1cc(-c2ncnc3cc(N4CCOCC4)ccc23)c(P)cc1O. The van der Waals surface area contributed by atoms with Crippen LogP contribution in [0.4, 0.5) is 5.69 Å². The predicted octanol–water partition coefficient (Wildman–Crippen LogP) is 4.04. The Kier molecular flexibility index (Phi) is 6.93. The molecule has 1 atom stereocenters. The minimum atomic E-state index is 0.269. The standard InChI is InChI=1S/C25H27N4O2P/c1-17(4-3-7-26-2)12-18-13-21(24(32)15-23(18)30)25-20-6-5-19(14-22(20)27-16-28-25)29-8-10-31-11-9-29/h3-7,13-16,30H,2,8-12,32H2,1H3/b7-3-,17-4+. The number of benzene rings is 2. The van der Waals surface area contributed by atoms with Crippen molar-refractivity contribution in [2.75, 3.05) is 31.2 Å². The summed E-state index contributed by atoms with van der Waals surface area (Å²) in [4.78, 5) is 15.2. The molecule has 3 aromatic rings. The molecule has 2 heterocycles. The first-order chi connectivity index (χ1) is 15.6. The third kappa shape index (κ3) is 4.87. The highest BCUT2D eigenvalue weighted by molar-refractivity contribution is 7.28. The number of ether oxygens (including phenoxy) is 1. The van der Waals surface area contributed by atoms with E-state index < -0.39 is 0 Å². The van der Waals surface area contributed by atoms with Crippen LogP contribution in [-0.2, 0) is 11.2 Å². The van der Waals surface area contributed by atoms with Gasteiger partial charge in [-0.15, -0.1) is 9.24 Å². The van der Waals surface area contributed by atoms with Crippen LogP contribution in [0.1, 0.15) is 12.5 Å². The number of phenolic OH excluding ortho intramolecular Hbond substituents is 1. The lowest BCUT2D eigenvalue weighted by atomic mass is 9.99. The minimum Gasteiger partial charge on any atom is -0.508 e. The first-order valence-electron chi connectivity index (χ1n) is 10.5. The van der Waals surface area contributed by atoms with Crippen LogP contribution < -0.4 is 10.2 Å². The monoisotopic (exact) mass is 446 g/mol. The van der Waals surface area contributed by atoms with Crippen LogP contribution in [0.3, 0.4) is 0 Å². The maximum Gasteiger partial charge on any atom is 0.119 e. The Morgan fingerprint density at radius 1 is 1.25 bits per heavy atom. The fraction of sp³-hybridized carbons (Fsp3) is 0.240. The molecule has 1 saturated heterocycles. The van der Waals surface area contributed by atoms with Gasteiger partial charge in [0.05, 0.1) is 24.4 Å². The van der Waals surface area contributed by atoms with Crippen molar-refractivity contribution >= 4 is 37.9 Å². The van der Waals surface area contributed by atoms with Crippen LogP contribution in [0, 0.1) is 0 Å². The van der Waals surface area contributed by atoms with Crippen molar-refractivity contribution < 1.29 is 9.84 Å². The number of fused-ring (bicyclic) bond motifs is 1. The van der Waals surface area contributed by atoms with Crippen LogP contribution >= 0.6 is 9.24 Å². The molecule has 0 amide bonds. The summed E-state index contributed by atoms with van der Waals surface area (Å²) in [5.74, 6) is 0.269. The summed E-state index contributed by atoms with van der Waals surface area (Å²) in [5, 5.41) is 12.4. The van der Waals surface area contributed by atoms with E-state index in [4.69, 9.17) is 4.74 Å². The van der Waals surface area contributed by atoms with Crippen molar-refractivity contribution in [3.63, 3.8) is 0 Å². The average molecular weight is 446 g/mol. The number of aliphatic imine (C=N–C) groups is 1. The normalized spacial score (nSPS) is 14.9. The lowest BCUT2D eigenvalue weighted by Gasteiger charge is -2.29. The Balaban J connectivity index is 1.72. The predicted molar refractivity (Wildman–Crippen MR) is 135 cm³/mol. The van der Waals surface area contributed by atoms with Crippen molar-refractivity contribution in [2.45, 2.75) is 13.3 Å². The van der Waals surface area contributed by atoms with Gasteiger partial charge in [0.1, 0.15) is 12.1 Å². The van der Waals surface area contributed by atoms with E-state index in [1.54, 1.807) is 18.6 Å². The third-order valence-electron chi connectivity index (χ3n) is 5.54. The topological polar surface area (TPSA) is 70.8 Å². The van der Waals surface area contributed by atoms with Gasteiger partial charge in [-0.2, -0.15) is 0 Å². The number of hydrogen-bond donors (Lipinski definition) is 1. The summed E-state index contributed by atoms with van der Waals surface area (Å²) in [7, 11) is 2.71. The Labute approximate surface area is 190 Å². The van der Waals surface area contributed by atoms with Gasteiger partial charge in [0.15, 0.2) is 0 Å². The van der Waals surface area contributed by atoms with Gasteiger partial charge in [-0.25, -0.2) is 9.97 Å². The molecule has 1 aliphatic heterocycles. The zero-order valence-electron chi connectivity index (χ0n) is 18.2. The molecule has 0 radical (unpaired) electrons. The van der Waals surface area contributed by atoms with E-state index in [1.165, 1.54) is 0 Å². The van der Waals surface area contributed by atoms with Crippen LogP contribution in [-0.4, -0.2) is 48.1 Å². The molecule has 7 heteroatoms. The molecule has 32 heavy (non-hydrogen) atoms. The van der Waals surface area contributed by atoms with Gasteiger partial charge >= 0.3 is 0 Å². The molecule has 1 N–H and O–H groups in total. The summed E-state index contributed by atoms with van der Waals surface area (Å²) in [6, 6.07) is 10.1. The lowest BCUT2D eigenvalue weighted by Crippen LogP contribution is -2.36. The number of nitrogens with zero attached hydrogens (tertiary/aromatic N) is 4. The summed E-state index contributed by atoms with van der Waals surface area (Å²) in [6.45, 7) is 8.71. The molecule has 0 aliphatic carbocycles. The number of rotatable bonds is 6. The Morgan fingerprint density at radius 3 is 2.84 bits per heavy atom. The Morgan fingerprint density at radius 2 is 2.06 bits per heavy atom. The summed E-state index contributed by atoms with van der Waals surface area (Å²) in [6.07, 6.45) is 7.67. The minimum absolute atomic E-state index is 0.269. The second kappa shape index (κ2) is 10.0. The van der Waals surface area contributed by atoms with E-state index >= 15 is 0 Å². The molecule has 4 rings (SSSR count). The number of morpholine rings is 1. The van der Waals surface area contributed by atoms with Gasteiger partial charge in [-0.05, 0) is 67.3 Å². The maximum atomic E-state index is 10.5. The smallest absolute Gasteiger partial charge is 0.119 e. The average Bonchev–Trinajstić information content (AvgIpc) is 2.81. The highest BCUT2D eigenvalue weighted by atomic mass is 31.0. The Bertz CT molecular complexity index is 1200. The molecule has 6 nitrogen and oxygen atoms in total. The number of phenols is 1. The third-order valence-corrected chi connectivity index (χ3v) is 6.02. The van der Waals surface area contributed by atoms with Crippen molar-refractivity contribution in [3.8, 4) is 17.0 Å². The van der Waals surface area contributed by atoms with Crippen LogP contribution in [0.25, 0.3) is 22.2 Å². The second-order valence-corrected chi connectivity index (χ2v) is 8.43. The number of allylic oxidation sites excluding steroid dienone is 3. The van der Waals surface area contributed by atoms with E-state index in [0.29, 0.717) is 6.42 Å². The van der Waals surface area contributed by atoms with E-state index in [-0.39, 0.29) is 5.75 Å². The molecule has 0 bridgehead atoms. The largest absolute Gasteiger partial charge is 0.508 e. The highest BCUT2D eigenvalue weighted by Gasteiger charge is 2.16. The zero-order chi connectivity index (χ0) is 22.5. The van der Waals surface area contributed by atoms with Gasteiger partial charge in [0.2, 0.25) is 0 Å². The molecule has 164 valence electrons. The Hall–Kier alpha value is -3.08. The summed E-state index contributed by atoms with van der Waals surface area (Å²) >= 11 is 0. The molecule has 0 spiro atoms. The van der Waals surface area contributed by atoms with E-state index in [2.05, 4.69) is 54.0 Å². The zero-order valence-corrected chi connectivity index (χ0v) is 19.3. The molecule has 1 fully saturated rings. The van der Waals surface area contributed by atoms with E-state index in [0.717, 1.165) is 70.6 Å². The number of hydrogen-bond acceptors (Lipinski definition) is 6. The van der Waals surface area contributed by atoms with Gasteiger partial charge < -0.3 is 14.7 Å². The first kappa shape index (κ1) is 22.1. The van der Waals surface area contributed by atoms with Crippen molar-refractivity contribution in [2.24, 2.45) is 4.99 Å². The van der Waals surface area contributed by atoms with Gasteiger partial charge in [0.25, 0.3) is 0 Å². The van der Waals surface area contributed by atoms with Crippen molar-refractivity contribution in [1.82, 2.24) is 9.97 Å². The number of anilines is 1. The van der Waals surface area contributed by atoms with Gasteiger partial charge in [0, 0.05) is 35.9 Å². The lowest BCUT2D eigenvalue weighted by molar-refractivity contribution is 0.122. The maximum absolute atomic E-state index is 10.5. The van der Waals surface area contributed by atoms with Gasteiger partial charge in [-0.3, -0.25) is 4.99 Å². The van der Waals surface area contributed by atoms with E-state index in [9.17, 15) is 5.11 Å². The summed E-state index contributed by atoms with van der Waals surface area (Å²) in [5.41, 5.74) is 5.81. The van der Waals surface area contributed by atoms with Crippen molar-refractivity contribution in [1.29, 1.82) is 0 Å². The molecule has 1 unspecified atom stereocenters. The number of aromatic nitrogens is 2. The molecule has 1 aromatic heterocycles. The quantitative estimate of drug-likeness (QED) is 0.352. The molecular formula is C25H27N4O2P. The molecular weight excluding hydrogens is 419 g/mol.